The van der Waals surface area contributed by atoms with Gasteiger partial charge in [-0.1, -0.05) is 24.1 Å². The van der Waals surface area contributed by atoms with E-state index in [4.69, 9.17) is 11.6 Å². The molecule has 0 atom stereocenters. The Labute approximate surface area is 175 Å². The quantitative estimate of drug-likeness (QED) is 0.584. The largest absolute Gasteiger partial charge is 0.416 e. The number of hydrogen-bond donors (Lipinski definition) is 1. The highest BCUT2D eigenvalue weighted by atomic mass is 35.5. The Morgan fingerprint density at radius 1 is 1.07 bits per heavy atom. The van der Waals surface area contributed by atoms with Crippen LogP contribution in [0.5, 0.6) is 0 Å². The summed E-state index contributed by atoms with van der Waals surface area (Å²) in [5.41, 5.74) is 0.0534. The molecule has 30 heavy (non-hydrogen) atoms. The van der Waals surface area contributed by atoms with Crippen LogP contribution in [-0.4, -0.2) is 20.7 Å². The summed E-state index contributed by atoms with van der Waals surface area (Å²) in [6, 6.07) is 9.17. The summed E-state index contributed by atoms with van der Waals surface area (Å²) in [4.78, 5) is 12.5. The first kappa shape index (κ1) is 20.4. The fourth-order valence-corrected chi connectivity index (χ4v) is 3.70. The van der Waals surface area contributed by atoms with Crippen LogP contribution in [0.15, 0.2) is 42.5 Å². The minimum atomic E-state index is -4.52. The number of amides is 1. The minimum absolute atomic E-state index is 0.0855. The van der Waals surface area contributed by atoms with E-state index in [2.05, 4.69) is 15.5 Å². The predicted molar refractivity (Wildman–Crippen MR) is 107 cm³/mol. The van der Waals surface area contributed by atoms with Gasteiger partial charge in [-0.15, -0.1) is 10.2 Å². The van der Waals surface area contributed by atoms with E-state index in [1.165, 1.54) is 12.1 Å². The number of halogens is 4. The molecule has 0 spiro atoms. The van der Waals surface area contributed by atoms with Crippen molar-refractivity contribution in [2.75, 3.05) is 5.32 Å². The van der Waals surface area contributed by atoms with Gasteiger partial charge >= 0.3 is 6.18 Å². The maximum absolute atomic E-state index is 12.9. The highest BCUT2D eigenvalue weighted by molar-refractivity contribution is 6.33. The molecule has 1 aliphatic rings. The van der Waals surface area contributed by atoms with Crippen molar-refractivity contribution in [3.05, 3.63) is 64.4 Å². The number of nitrogens with one attached hydrogen (secondary N) is 1. The fourth-order valence-electron chi connectivity index (χ4n) is 3.50. The smallest absolute Gasteiger partial charge is 0.322 e. The maximum Gasteiger partial charge on any atom is 0.416 e. The molecule has 1 amide bonds. The lowest BCUT2D eigenvalue weighted by Gasteiger charge is -2.12. The molecule has 9 heteroatoms. The second-order valence-electron chi connectivity index (χ2n) is 7.13. The van der Waals surface area contributed by atoms with E-state index in [9.17, 15) is 18.0 Å². The number of alkyl halides is 3. The van der Waals surface area contributed by atoms with Crippen molar-refractivity contribution in [1.82, 2.24) is 14.8 Å². The summed E-state index contributed by atoms with van der Waals surface area (Å²) in [5, 5.41) is 11.6. The molecule has 1 aromatic heterocycles. The Kier molecular flexibility index (Phi) is 5.51. The number of carbonyl (C=O) groups is 1. The van der Waals surface area contributed by atoms with Gasteiger partial charge in [0.2, 0.25) is 0 Å². The lowest BCUT2D eigenvalue weighted by molar-refractivity contribution is -0.137. The van der Waals surface area contributed by atoms with Gasteiger partial charge in [-0.05, 0) is 49.2 Å². The first-order valence-electron chi connectivity index (χ1n) is 9.53. The molecule has 5 nitrogen and oxygen atoms in total. The molecule has 3 aromatic rings. The molecule has 0 bridgehead atoms. The maximum atomic E-state index is 12.9. The molecule has 2 aromatic carbocycles. The van der Waals surface area contributed by atoms with Crippen LogP contribution >= 0.6 is 11.6 Å². The van der Waals surface area contributed by atoms with Crippen molar-refractivity contribution < 1.29 is 18.0 Å². The van der Waals surface area contributed by atoms with E-state index in [-0.39, 0.29) is 5.56 Å². The molecule has 0 fully saturated rings. The SMILES string of the molecule is O=C(Nc1ccc(Cl)c(-c2nnc3n2CCCCC3)c1)c1cccc(C(F)(F)F)c1. The number of anilines is 1. The molecule has 1 N–H and O–H groups in total. The Morgan fingerprint density at radius 3 is 2.70 bits per heavy atom. The highest BCUT2D eigenvalue weighted by Crippen LogP contribution is 2.32. The molecule has 156 valence electrons. The standard InChI is InChI=1S/C21H18ClF3N4O/c22-17-9-8-15(26-20(30)13-5-4-6-14(11-13)21(23,24)25)12-16(17)19-28-27-18-7-2-1-3-10-29(18)19/h4-6,8-9,11-12H,1-3,7,10H2,(H,26,30). The number of fused-ring (bicyclic) bond motifs is 1. The van der Waals surface area contributed by atoms with Crippen molar-refractivity contribution in [2.24, 2.45) is 0 Å². The van der Waals surface area contributed by atoms with Crippen LogP contribution in [0.3, 0.4) is 0 Å². The van der Waals surface area contributed by atoms with E-state index in [1.807, 2.05) is 4.57 Å². The van der Waals surface area contributed by atoms with Gasteiger partial charge in [0, 0.05) is 29.8 Å². The van der Waals surface area contributed by atoms with Crippen LogP contribution in [0.2, 0.25) is 5.02 Å². The summed E-state index contributed by atoms with van der Waals surface area (Å²) in [6.07, 6.45) is -0.490. The molecule has 0 saturated heterocycles. The van der Waals surface area contributed by atoms with Crippen molar-refractivity contribution >= 4 is 23.2 Å². The van der Waals surface area contributed by atoms with Crippen LogP contribution in [-0.2, 0) is 19.1 Å². The molecule has 1 aliphatic heterocycles. The molecule has 4 rings (SSSR count). The number of aromatic nitrogens is 3. The van der Waals surface area contributed by atoms with Crippen molar-refractivity contribution in [2.45, 2.75) is 38.4 Å². The van der Waals surface area contributed by atoms with Crippen molar-refractivity contribution in [3.8, 4) is 11.4 Å². The van der Waals surface area contributed by atoms with Gasteiger partial charge in [0.05, 0.1) is 10.6 Å². The molecule has 0 saturated carbocycles. The van der Waals surface area contributed by atoms with E-state index >= 15 is 0 Å². The normalized spacial score (nSPS) is 14.1. The number of rotatable bonds is 3. The minimum Gasteiger partial charge on any atom is -0.322 e. The third-order valence-corrected chi connectivity index (χ3v) is 5.36. The number of benzene rings is 2. The number of hydrogen-bond acceptors (Lipinski definition) is 3. The Balaban J connectivity index is 1.62. The first-order valence-corrected chi connectivity index (χ1v) is 9.91. The van der Waals surface area contributed by atoms with Gasteiger partial charge in [-0.25, -0.2) is 0 Å². The lowest BCUT2D eigenvalue weighted by Crippen LogP contribution is -2.14. The van der Waals surface area contributed by atoms with E-state index in [0.717, 1.165) is 50.2 Å². The zero-order valence-corrected chi connectivity index (χ0v) is 16.6. The monoisotopic (exact) mass is 434 g/mol. The van der Waals surface area contributed by atoms with Crippen LogP contribution < -0.4 is 5.32 Å². The zero-order chi connectivity index (χ0) is 21.3. The van der Waals surface area contributed by atoms with Crippen LogP contribution in [0.25, 0.3) is 11.4 Å². The molecule has 0 unspecified atom stereocenters. The topological polar surface area (TPSA) is 59.8 Å². The van der Waals surface area contributed by atoms with Gasteiger partial charge in [-0.3, -0.25) is 4.79 Å². The molecule has 0 radical (unpaired) electrons. The van der Waals surface area contributed by atoms with Crippen LogP contribution in [0.1, 0.15) is 41.0 Å². The van der Waals surface area contributed by atoms with Gasteiger partial charge < -0.3 is 9.88 Å². The molecular weight excluding hydrogens is 417 g/mol. The third-order valence-electron chi connectivity index (χ3n) is 5.03. The summed E-state index contributed by atoms with van der Waals surface area (Å²) >= 11 is 6.38. The predicted octanol–water partition coefficient (Wildman–Crippen LogP) is 5.60. The Bertz CT molecular complexity index is 1090. The summed E-state index contributed by atoms with van der Waals surface area (Å²) in [6.45, 7) is 0.787. The summed E-state index contributed by atoms with van der Waals surface area (Å²) in [7, 11) is 0. The van der Waals surface area contributed by atoms with E-state index in [1.54, 1.807) is 18.2 Å². The van der Waals surface area contributed by atoms with E-state index < -0.39 is 17.6 Å². The van der Waals surface area contributed by atoms with Gasteiger partial charge in [0.25, 0.3) is 5.91 Å². The average Bonchev–Trinajstić information content (AvgIpc) is 2.96. The van der Waals surface area contributed by atoms with Crippen LogP contribution in [0, 0.1) is 0 Å². The number of nitrogens with zero attached hydrogens (tertiary/aromatic N) is 3. The first-order chi connectivity index (χ1) is 14.3. The molecular formula is C21H18ClF3N4O. The van der Waals surface area contributed by atoms with E-state index in [0.29, 0.717) is 22.1 Å². The average molecular weight is 435 g/mol. The lowest BCUT2D eigenvalue weighted by atomic mass is 10.1. The second kappa shape index (κ2) is 8.10. The summed E-state index contributed by atoms with van der Waals surface area (Å²) < 4.78 is 40.8. The van der Waals surface area contributed by atoms with Crippen LogP contribution in [0.4, 0.5) is 18.9 Å². The fraction of sp³-hybridized carbons (Fsp3) is 0.286. The third kappa shape index (κ3) is 4.18. The van der Waals surface area contributed by atoms with Gasteiger partial charge in [0.1, 0.15) is 5.82 Å². The second-order valence-corrected chi connectivity index (χ2v) is 7.54. The Morgan fingerprint density at radius 2 is 1.90 bits per heavy atom. The zero-order valence-electron chi connectivity index (χ0n) is 15.8. The van der Waals surface area contributed by atoms with Gasteiger partial charge in [0.15, 0.2) is 5.82 Å². The van der Waals surface area contributed by atoms with Crippen molar-refractivity contribution in [3.63, 3.8) is 0 Å². The molecule has 2 heterocycles. The number of carbonyl (C=O) groups excluding carboxylic acids is 1. The highest BCUT2D eigenvalue weighted by Gasteiger charge is 2.31. The number of aryl methyl sites for hydroxylation is 1. The van der Waals surface area contributed by atoms with Gasteiger partial charge in [-0.2, -0.15) is 13.2 Å². The van der Waals surface area contributed by atoms with Crippen molar-refractivity contribution in [1.29, 1.82) is 0 Å². The summed E-state index contributed by atoms with van der Waals surface area (Å²) in [5.74, 6) is 0.874. The molecule has 0 aliphatic carbocycles. The Hall–Kier alpha value is -2.87.